The van der Waals surface area contributed by atoms with Crippen molar-refractivity contribution in [2.24, 2.45) is 5.92 Å². The summed E-state index contributed by atoms with van der Waals surface area (Å²) in [7, 11) is 0. The Bertz CT molecular complexity index is 1010. The van der Waals surface area contributed by atoms with Crippen LogP contribution in [0.3, 0.4) is 0 Å². The van der Waals surface area contributed by atoms with Crippen LogP contribution in [0.5, 0.6) is 11.5 Å². The van der Waals surface area contributed by atoms with Crippen LogP contribution < -0.4 is 20.1 Å². The lowest BCUT2D eigenvalue weighted by molar-refractivity contribution is 0.104. The van der Waals surface area contributed by atoms with Crippen molar-refractivity contribution in [2.75, 3.05) is 52.7 Å². The van der Waals surface area contributed by atoms with Crippen LogP contribution in [0.1, 0.15) is 51.2 Å². The van der Waals surface area contributed by atoms with Gasteiger partial charge in [-0.2, -0.15) is 0 Å². The van der Waals surface area contributed by atoms with Crippen molar-refractivity contribution in [3.8, 4) is 11.5 Å². The van der Waals surface area contributed by atoms with Gasteiger partial charge >= 0.3 is 0 Å². The number of benzene rings is 2. The van der Waals surface area contributed by atoms with Gasteiger partial charge in [0.15, 0.2) is 0 Å². The minimum atomic E-state index is -0.579. The molecular weight excluding hydrogens is 544 g/mol. The van der Waals surface area contributed by atoms with E-state index in [2.05, 4.69) is 35.8 Å². The predicted molar refractivity (Wildman–Crippen MR) is 172 cm³/mol. The lowest BCUT2D eigenvalue weighted by Crippen LogP contribution is -2.36. The first kappa shape index (κ1) is 35.0. The Morgan fingerprint density at radius 1 is 0.744 bits per heavy atom. The second kappa shape index (κ2) is 20.5. The fourth-order valence-electron chi connectivity index (χ4n) is 4.23. The van der Waals surface area contributed by atoms with Gasteiger partial charge in [-0.25, -0.2) is 0 Å². The van der Waals surface area contributed by atoms with E-state index in [1.165, 1.54) is 24.0 Å². The van der Waals surface area contributed by atoms with Crippen LogP contribution in [0.2, 0.25) is 0 Å². The summed E-state index contributed by atoms with van der Waals surface area (Å²) in [4.78, 5) is 0. The summed E-state index contributed by atoms with van der Waals surface area (Å²) < 4.78 is 22.9. The first-order valence-electron chi connectivity index (χ1n) is 15.9. The highest BCUT2D eigenvalue weighted by Gasteiger charge is 2.20. The molecule has 0 heterocycles. The molecule has 0 radical (unpaired) electrons. The monoisotopic (exact) mass is 598 g/mol. The van der Waals surface area contributed by atoms with E-state index in [1.807, 2.05) is 56.3 Å². The fourth-order valence-corrected chi connectivity index (χ4v) is 4.23. The van der Waals surface area contributed by atoms with Gasteiger partial charge in [-0.1, -0.05) is 50.3 Å². The Balaban J connectivity index is 1.16. The highest BCUT2D eigenvalue weighted by atomic mass is 16.5. The number of hydrogen-bond acceptors (Lipinski definition) is 8. The third-order valence-electron chi connectivity index (χ3n) is 7.19. The molecule has 1 aliphatic carbocycles. The van der Waals surface area contributed by atoms with Gasteiger partial charge in [0.1, 0.15) is 36.9 Å². The van der Waals surface area contributed by atoms with E-state index in [9.17, 15) is 10.2 Å². The van der Waals surface area contributed by atoms with E-state index < -0.39 is 12.2 Å². The van der Waals surface area contributed by atoms with E-state index in [1.54, 1.807) is 0 Å². The Kier molecular flexibility index (Phi) is 16.7. The zero-order valence-electron chi connectivity index (χ0n) is 26.4. The van der Waals surface area contributed by atoms with Crippen molar-refractivity contribution in [3.05, 3.63) is 71.8 Å². The van der Waals surface area contributed by atoms with E-state index in [0.29, 0.717) is 32.3 Å². The number of aliphatic hydroxyl groups is 2. The topological polar surface area (TPSA) is 101 Å². The van der Waals surface area contributed by atoms with Gasteiger partial charge in [0, 0.05) is 31.8 Å². The fraction of sp³-hybridized carbons (Fsp3) is 0.600. The maximum absolute atomic E-state index is 10.3. The third-order valence-corrected chi connectivity index (χ3v) is 7.19. The minimum Gasteiger partial charge on any atom is -0.491 e. The molecule has 0 saturated heterocycles. The Morgan fingerprint density at radius 2 is 1.28 bits per heavy atom. The zero-order chi connectivity index (χ0) is 30.7. The molecule has 1 saturated carbocycles. The Hall–Kier alpha value is -2.46. The average molecular weight is 599 g/mol. The summed E-state index contributed by atoms with van der Waals surface area (Å²) in [6, 6.07) is 16.5. The number of hydrogen-bond donors (Lipinski definition) is 4. The van der Waals surface area contributed by atoms with Crippen LogP contribution in [-0.4, -0.2) is 87.2 Å². The molecule has 2 aromatic carbocycles. The van der Waals surface area contributed by atoms with Gasteiger partial charge in [-0.15, -0.1) is 0 Å². The van der Waals surface area contributed by atoms with Crippen molar-refractivity contribution in [2.45, 2.75) is 77.2 Å². The van der Waals surface area contributed by atoms with Crippen LogP contribution >= 0.6 is 0 Å². The highest BCUT2D eigenvalue weighted by molar-refractivity contribution is 5.28. The number of aliphatic hydroxyl groups excluding tert-OH is 2. The molecular formula is C35H54N2O6. The molecule has 43 heavy (non-hydrogen) atoms. The van der Waals surface area contributed by atoms with Gasteiger partial charge in [-0.05, 0) is 80.3 Å². The van der Waals surface area contributed by atoms with Gasteiger partial charge in [-0.3, -0.25) is 0 Å². The quantitative estimate of drug-likeness (QED) is 0.105. The molecule has 0 bridgehead atoms. The van der Waals surface area contributed by atoms with Crippen LogP contribution in [0.4, 0.5) is 0 Å². The summed E-state index contributed by atoms with van der Waals surface area (Å²) in [5, 5.41) is 26.8. The summed E-state index contributed by atoms with van der Waals surface area (Å²) in [6.07, 6.45) is 8.26. The molecule has 8 nitrogen and oxygen atoms in total. The van der Waals surface area contributed by atoms with E-state index >= 15 is 0 Å². The Morgan fingerprint density at radius 3 is 1.81 bits per heavy atom. The lowest BCUT2D eigenvalue weighted by Gasteiger charge is -2.17. The molecule has 8 heteroatoms. The molecule has 3 atom stereocenters. The average Bonchev–Trinajstić information content (AvgIpc) is 3.84. The standard InChI is InChI=1S/C35H54N2O6/c1-27(2)36-22-32(38)25-42-34-13-9-29(10-14-34)17-20-40-19-5-4-6-28(3)37-23-33(39)26-43-35-15-11-30(12-16-35)18-21-41-24-31-7-8-31/h4-5,9-16,27-28,31-33,36-39H,6-8,17-26H2,1-3H3/b5-4-. The molecule has 0 spiro atoms. The normalized spacial score (nSPS) is 15.6. The molecule has 3 rings (SSSR count). The molecule has 1 aliphatic rings. The first-order valence-corrected chi connectivity index (χ1v) is 15.9. The molecule has 0 aromatic heterocycles. The smallest absolute Gasteiger partial charge is 0.119 e. The van der Waals surface area contributed by atoms with Gasteiger partial charge in [0.2, 0.25) is 0 Å². The van der Waals surface area contributed by atoms with E-state index in [-0.39, 0.29) is 19.3 Å². The second-order valence-electron chi connectivity index (χ2n) is 11.9. The summed E-state index contributed by atoms with van der Waals surface area (Å²) in [5.41, 5.74) is 2.41. The maximum Gasteiger partial charge on any atom is 0.119 e. The molecule has 2 aromatic rings. The zero-order valence-corrected chi connectivity index (χ0v) is 26.4. The molecule has 3 unspecified atom stereocenters. The minimum absolute atomic E-state index is 0.237. The third kappa shape index (κ3) is 16.8. The molecule has 240 valence electrons. The summed E-state index contributed by atoms with van der Waals surface area (Å²) in [5.74, 6) is 2.32. The largest absolute Gasteiger partial charge is 0.491 e. The SMILES string of the molecule is CC(C)NCC(O)COc1ccc(CCOC/C=C\CC(C)NCC(O)COc2ccc(CCOCC3CC3)cc2)cc1. The summed E-state index contributed by atoms with van der Waals surface area (Å²) >= 11 is 0. The molecule has 0 amide bonds. The van der Waals surface area contributed by atoms with Crippen LogP contribution in [0.25, 0.3) is 0 Å². The second-order valence-corrected chi connectivity index (χ2v) is 11.9. The van der Waals surface area contributed by atoms with Crippen molar-refractivity contribution in [1.82, 2.24) is 10.6 Å². The first-order chi connectivity index (χ1) is 20.9. The van der Waals surface area contributed by atoms with E-state index in [0.717, 1.165) is 49.9 Å². The number of rotatable bonds is 24. The van der Waals surface area contributed by atoms with E-state index in [4.69, 9.17) is 18.9 Å². The van der Waals surface area contributed by atoms with Crippen LogP contribution in [-0.2, 0) is 22.3 Å². The predicted octanol–water partition coefficient (Wildman–Crippen LogP) is 4.32. The van der Waals surface area contributed by atoms with Crippen molar-refractivity contribution in [1.29, 1.82) is 0 Å². The van der Waals surface area contributed by atoms with Crippen molar-refractivity contribution < 1.29 is 29.2 Å². The van der Waals surface area contributed by atoms with Crippen molar-refractivity contribution >= 4 is 0 Å². The molecule has 4 N–H and O–H groups in total. The maximum atomic E-state index is 10.3. The van der Waals surface area contributed by atoms with Gasteiger partial charge < -0.3 is 39.8 Å². The van der Waals surface area contributed by atoms with Crippen LogP contribution in [0.15, 0.2) is 60.7 Å². The van der Waals surface area contributed by atoms with Gasteiger partial charge in [0.25, 0.3) is 0 Å². The lowest BCUT2D eigenvalue weighted by atomic mass is 10.1. The Labute approximate surface area is 258 Å². The number of nitrogens with one attached hydrogen (secondary N) is 2. The van der Waals surface area contributed by atoms with Gasteiger partial charge in [0.05, 0.1) is 19.8 Å². The van der Waals surface area contributed by atoms with Crippen LogP contribution in [0, 0.1) is 5.92 Å². The molecule has 0 aliphatic heterocycles. The van der Waals surface area contributed by atoms with Crippen molar-refractivity contribution in [3.63, 3.8) is 0 Å². The highest BCUT2D eigenvalue weighted by Crippen LogP contribution is 2.28. The summed E-state index contributed by atoms with van der Waals surface area (Å²) in [6.45, 7) is 10.6. The molecule has 1 fully saturated rings. The number of ether oxygens (including phenoxy) is 4.